The van der Waals surface area contributed by atoms with E-state index in [4.69, 9.17) is 24.5 Å². The Bertz CT molecular complexity index is 857. The molecular formula is C22H33BN2O6. The van der Waals surface area contributed by atoms with Crippen molar-refractivity contribution < 1.29 is 28.4 Å². The van der Waals surface area contributed by atoms with Crippen molar-refractivity contribution in [3.63, 3.8) is 0 Å². The summed E-state index contributed by atoms with van der Waals surface area (Å²) >= 11 is 0. The molecular weight excluding hydrogens is 399 g/mol. The Balaban J connectivity index is 2.39. The molecule has 0 atom stereocenters. The maximum absolute atomic E-state index is 12.2. The molecule has 1 aliphatic heterocycles. The second-order valence-corrected chi connectivity index (χ2v) is 9.46. The first-order valence-electron chi connectivity index (χ1n) is 10.2. The van der Waals surface area contributed by atoms with E-state index in [1.165, 1.54) is 7.11 Å². The number of anilines is 1. The zero-order valence-electron chi connectivity index (χ0n) is 19.6. The van der Waals surface area contributed by atoms with Crippen LogP contribution < -0.4 is 11.1 Å². The Morgan fingerprint density at radius 2 is 1.74 bits per heavy atom. The molecule has 3 N–H and O–H groups in total. The number of alkyl carbamates (subject to hydrolysis) is 1. The molecule has 31 heavy (non-hydrogen) atoms. The fourth-order valence-electron chi connectivity index (χ4n) is 2.88. The Morgan fingerprint density at radius 1 is 1.16 bits per heavy atom. The van der Waals surface area contributed by atoms with Crippen LogP contribution in [-0.2, 0) is 18.8 Å². The van der Waals surface area contributed by atoms with Gasteiger partial charge in [0.2, 0.25) is 0 Å². The van der Waals surface area contributed by atoms with Crippen molar-refractivity contribution in [2.24, 2.45) is 0 Å². The van der Waals surface area contributed by atoms with Gasteiger partial charge in [-0.25, -0.2) is 9.59 Å². The standard InChI is InChI=1S/C22H33BN2O6/c1-20(2,3)29-19(27)25-13-15(23-30-21(4,5)22(6,7)31-23)12-14-10-9-11-16(17(14)24)18(26)28-8/h9-12H,13,24H2,1-8H3,(H,25,27). The number of rotatable bonds is 5. The van der Waals surface area contributed by atoms with Crippen LogP contribution in [0.3, 0.4) is 0 Å². The minimum atomic E-state index is -0.721. The van der Waals surface area contributed by atoms with Crippen LogP contribution >= 0.6 is 0 Å². The van der Waals surface area contributed by atoms with Gasteiger partial charge in [-0.2, -0.15) is 0 Å². The smallest absolute Gasteiger partial charge is 0.465 e. The highest BCUT2D eigenvalue weighted by atomic mass is 16.7. The molecule has 1 saturated heterocycles. The van der Waals surface area contributed by atoms with E-state index in [2.05, 4.69) is 5.32 Å². The highest BCUT2D eigenvalue weighted by Crippen LogP contribution is 2.39. The number of carbonyl (C=O) groups excluding carboxylic acids is 2. The lowest BCUT2D eigenvalue weighted by Crippen LogP contribution is -2.41. The van der Waals surface area contributed by atoms with E-state index in [0.29, 0.717) is 11.0 Å². The van der Waals surface area contributed by atoms with Crippen LogP contribution in [0.15, 0.2) is 23.7 Å². The van der Waals surface area contributed by atoms with Crippen LogP contribution in [0.5, 0.6) is 0 Å². The number of amides is 1. The second kappa shape index (κ2) is 8.92. The van der Waals surface area contributed by atoms with Crippen LogP contribution in [0.25, 0.3) is 6.08 Å². The molecule has 0 saturated carbocycles. The summed E-state index contributed by atoms with van der Waals surface area (Å²) in [4.78, 5) is 24.2. The highest BCUT2D eigenvalue weighted by molar-refractivity contribution is 6.56. The summed E-state index contributed by atoms with van der Waals surface area (Å²) < 4.78 is 22.4. The summed E-state index contributed by atoms with van der Waals surface area (Å²) in [5.74, 6) is -0.531. The second-order valence-electron chi connectivity index (χ2n) is 9.46. The quantitative estimate of drug-likeness (QED) is 0.416. The fraction of sp³-hybridized carbons (Fsp3) is 0.545. The molecule has 2 rings (SSSR count). The van der Waals surface area contributed by atoms with Crippen LogP contribution in [0.1, 0.15) is 64.4 Å². The molecule has 1 aliphatic rings. The van der Waals surface area contributed by atoms with Gasteiger partial charge in [0.15, 0.2) is 0 Å². The van der Waals surface area contributed by atoms with Gasteiger partial charge in [0.25, 0.3) is 0 Å². The first kappa shape index (κ1) is 24.8. The molecule has 0 spiro atoms. The van der Waals surface area contributed by atoms with Crippen molar-refractivity contribution in [3.05, 3.63) is 34.8 Å². The van der Waals surface area contributed by atoms with Gasteiger partial charge in [-0.3, -0.25) is 0 Å². The number of nitrogen functional groups attached to an aromatic ring is 1. The predicted octanol–water partition coefficient (Wildman–Crippen LogP) is 3.59. The van der Waals surface area contributed by atoms with E-state index in [1.54, 1.807) is 45.0 Å². The zero-order chi connectivity index (χ0) is 23.6. The van der Waals surface area contributed by atoms with E-state index < -0.39 is 36.0 Å². The lowest BCUT2D eigenvalue weighted by molar-refractivity contribution is 0.00578. The Hall–Kier alpha value is -2.52. The summed E-state index contributed by atoms with van der Waals surface area (Å²) in [5, 5.41) is 2.74. The molecule has 0 unspecified atom stereocenters. The molecule has 1 aromatic carbocycles. The topological polar surface area (TPSA) is 109 Å². The minimum Gasteiger partial charge on any atom is -0.465 e. The molecule has 1 amide bonds. The molecule has 0 bridgehead atoms. The molecule has 0 aliphatic carbocycles. The van der Waals surface area contributed by atoms with Gasteiger partial charge in [0.1, 0.15) is 5.60 Å². The number of para-hydroxylation sites is 1. The maximum atomic E-state index is 12.2. The third-order valence-corrected chi connectivity index (χ3v) is 5.28. The largest absolute Gasteiger partial charge is 0.492 e. The molecule has 170 valence electrons. The predicted molar refractivity (Wildman–Crippen MR) is 120 cm³/mol. The molecule has 0 radical (unpaired) electrons. The Morgan fingerprint density at radius 3 is 2.26 bits per heavy atom. The van der Waals surface area contributed by atoms with Crippen LogP contribution in [0.4, 0.5) is 10.5 Å². The van der Waals surface area contributed by atoms with Crippen molar-refractivity contribution in [1.82, 2.24) is 5.32 Å². The molecule has 1 aromatic rings. The lowest BCUT2D eigenvalue weighted by Gasteiger charge is -2.32. The molecule has 1 fully saturated rings. The van der Waals surface area contributed by atoms with Crippen molar-refractivity contribution in [1.29, 1.82) is 0 Å². The maximum Gasteiger partial charge on any atom is 0.492 e. The summed E-state index contributed by atoms with van der Waals surface area (Å²) in [6.45, 7) is 13.2. The summed E-state index contributed by atoms with van der Waals surface area (Å²) in [6.07, 6.45) is 1.19. The number of methoxy groups -OCH3 is 1. The van der Waals surface area contributed by atoms with Crippen molar-refractivity contribution in [2.45, 2.75) is 65.3 Å². The van der Waals surface area contributed by atoms with Crippen LogP contribution in [0, 0.1) is 0 Å². The number of carbonyl (C=O) groups is 2. The number of benzene rings is 1. The average Bonchev–Trinajstić information content (AvgIpc) is 2.85. The van der Waals surface area contributed by atoms with Crippen molar-refractivity contribution >= 4 is 30.9 Å². The zero-order valence-corrected chi connectivity index (χ0v) is 19.6. The van der Waals surface area contributed by atoms with Gasteiger partial charge in [-0.15, -0.1) is 0 Å². The first-order chi connectivity index (χ1) is 14.2. The summed E-state index contributed by atoms with van der Waals surface area (Å²) in [5.41, 5.74) is 6.18. The van der Waals surface area contributed by atoms with Gasteiger partial charge >= 0.3 is 19.2 Å². The molecule has 8 nitrogen and oxygen atoms in total. The third kappa shape index (κ3) is 6.01. The Kier molecular flexibility index (Phi) is 7.12. The molecule has 1 heterocycles. The van der Waals surface area contributed by atoms with Gasteiger partial charge in [-0.1, -0.05) is 18.2 Å². The normalized spacial score (nSPS) is 17.9. The SMILES string of the molecule is COC(=O)c1cccc(C=C(CNC(=O)OC(C)(C)C)B2OC(C)(C)C(C)(C)O2)c1N. The van der Waals surface area contributed by atoms with E-state index >= 15 is 0 Å². The van der Waals surface area contributed by atoms with Crippen molar-refractivity contribution in [3.8, 4) is 0 Å². The van der Waals surface area contributed by atoms with Gasteiger partial charge in [-0.05, 0) is 65.6 Å². The van der Waals surface area contributed by atoms with Crippen LogP contribution in [-0.4, -0.2) is 49.6 Å². The Labute approximate surface area is 184 Å². The van der Waals surface area contributed by atoms with E-state index in [9.17, 15) is 9.59 Å². The van der Waals surface area contributed by atoms with E-state index in [1.807, 2.05) is 27.7 Å². The third-order valence-electron chi connectivity index (χ3n) is 5.28. The minimum absolute atomic E-state index is 0.105. The van der Waals surface area contributed by atoms with Gasteiger partial charge < -0.3 is 29.8 Å². The number of nitrogens with one attached hydrogen (secondary N) is 1. The van der Waals surface area contributed by atoms with Crippen LogP contribution in [0.2, 0.25) is 0 Å². The average molecular weight is 432 g/mol. The number of nitrogens with two attached hydrogens (primary N) is 1. The van der Waals surface area contributed by atoms with Gasteiger partial charge in [0, 0.05) is 6.54 Å². The summed E-state index contributed by atoms with van der Waals surface area (Å²) in [6, 6.07) is 5.06. The molecule has 0 aromatic heterocycles. The first-order valence-corrected chi connectivity index (χ1v) is 10.2. The number of hydrogen-bond donors (Lipinski definition) is 2. The lowest BCUT2D eigenvalue weighted by atomic mass is 9.76. The fourth-order valence-corrected chi connectivity index (χ4v) is 2.88. The number of ether oxygens (including phenoxy) is 2. The highest BCUT2D eigenvalue weighted by Gasteiger charge is 2.52. The summed E-state index contributed by atoms with van der Waals surface area (Å²) in [7, 11) is 0.575. The van der Waals surface area contributed by atoms with Gasteiger partial charge in [0.05, 0.1) is 29.6 Å². The van der Waals surface area contributed by atoms with Crippen molar-refractivity contribution in [2.75, 3.05) is 19.4 Å². The van der Waals surface area contributed by atoms with E-state index in [-0.39, 0.29) is 17.8 Å². The monoisotopic (exact) mass is 432 g/mol. The van der Waals surface area contributed by atoms with E-state index in [0.717, 1.165) is 0 Å². The number of hydrogen-bond acceptors (Lipinski definition) is 7. The molecule has 9 heteroatoms. The number of esters is 1.